The molecule has 0 aliphatic carbocycles. The Kier molecular flexibility index (Phi) is 7.30. The highest BCUT2D eigenvalue weighted by Crippen LogP contribution is 2.31. The highest BCUT2D eigenvalue weighted by molar-refractivity contribution is 5.95. The van der Waals surface area contributed by atoms with Gasteiger partial charge in [-0.2, -0.15) is 0 Å². The number of nitrogens with zero attached hydrogens (tertiary/aromatic N) is 2. The van der Waals surface area contributed by atoms with Crippen molar-refractivity contribution in [1.82, 2.24) is 14.9 Å². The Bertz CT molecular complexity index is 1000. The fourth-order valence-corrected chi connectivity index (χ4v) is 4.34. The largest absolute Gasteiger partial charge is 0.493 e. The van der Waals surface area contributed by atoms with E-state index in [2.05, 4.69) is 18.0 Å². The third-order valence-corrected chi connectivity index (χ3v) is 6.24. The first-order valence-electron chi connectivity index (χ1n) is 11.7. The van der Waals surface area contributed by atoms with Gasteiger partial charge in [-0.1, -0.05) is 38.3 Å². The van der Waals surface area contributed by atoms with Gasteiger partial charge >= 0.3 is 0 Å². The number of methoxy groups -OCH3 is 1. The van der Waals surface area contributed by atoms with E-state index in [0.29, 0.717) is 29.6 Å². The van der Waals surface area contributed by atoms with E-state index >= 15 is 0 Å². The minimum absolute atomic E-state index is 0.0425. The molecular formula is C26H33N3O3. The summed E-state index contributed by atoms with van der Waals surface area (Å²) >= 11 is 0. The number of aromatic nitrogens is 2. The van der Waals surface area contributed by atoms with Gasteiger partial charge in [0.25, 0.3) is 5.91 Å². The number of amides is 1. The molecule has 3 aromatic rings. The van der Waals surface area contributed by atoms with E-state index in [0.717, 1.165) is 49.2 Å². The molecule has 1 N–H and O–H groups in total. The smallest absolute Gasteiger partial charge is 0.253 e. The summed E-state index contributed by atoms with van der Waals surface area (Å²) in [4.78, 5) is 23.2. The number of nitrogens with one attached hydrogen (secondary N) is 1. The van der Waals surface area contributed by atoms with Gasteiger partial charge in [0, 0.05) is 24.6 Å². The number of benzene rings is 2. The maximum Gasteiger partial charge on any atom is 0.253 e. The molecule has 170 valence electrons. The van der Waals surface area contributed by atoms with Crippen molar-refractivity contribution in [1.29, 1.82) is 0 Å². The molecule has 1 aliphatic rings. The summed E-state index contributed by atoms with van der Waals surface area (Å²) in [5.41, 5.74) is 2.71. The molecular weight excluding hydrogens is 402 g/mol. The maximum atomic E-state index is 13.1. The Balaban J connectivity index is 1.35. The molecule has 1 aliphatic heterocycles. The summed E-state index contributed by atoms with van der Waals surface area (Å²) in [6.45, 7) is 4.30. The van der Waals surface area contributed by atoms with Crippen LogP contribution in [0, 0.1) is 0 Å². The minimum Gasteiger partial charge on any atom is -0.493 e. The van der Waals surface area contributed by atoms with Crippen molar-refractivity contribution in [3.05, 3.63) is 53.9 Å². The Morgan fingerprint density at radius 2 is 1.91 bits per heavy atom. The molecule has 6 nitrogen and oxygen atoms in total. The molecule has 4 rings (SSSR count). The number of aromatic amines is 1. The summed E-state index contributed by atoms with van der Waals surface area (Å²) in [6, 6.07) is 13.6. The van der Waals surface area contributed by atoms with Crippen LogP contribution in [0.3, 0.4) is 0 Å². The predicted molar refractivity (Wildman–Crippen MR) is 127 cm³/mol. The lowest BCUT2D eigenvalue weighted by Crippen LogP contribution is -2.38. The Morgan fingerprint density at radius 1 is 1.09 bits per heavy atom. The van der Waals surface area contributed by atoms with Crippen LogP contribution in [0.4, 0.5) is 0 Å². The van der Waals surface area contributed by atoms with Crippen molar-refractivity contribution in [3.63, 3.8) is 0 Å². The molecule has 1 fully saturated rings. The SMILES string of the molecule is CCCCCCOc1ccc(C(=O)N2CCC(c3nc4ccccc4[nH]3)CC2)cc1OC. The standard InChI is InChI=1S/C26H33N3O3/c1-3-4-5-8-17-32-23-12-11-20(18-24(23)31-2)26(30)29-15-13-19(14-16-29)25-27-21-9-6-7-10-22(21)28-25/h6-7,9-12,18-19H,3-5,8,13-17H2,1-2H3,(H,27,28). The van der Waals surface area contributed by atoms with Crippen LogP contribution >= 0.6 is 0 Å². The number of hydrogen-bond donors (Lipinski definition) is 1. The van der Waals surface area contributed by atoms with Gasteiger partial charge in [0.1, 0.15) is 5.82 Å². The molecule has 0 unspecified atom stereocenters. The highest BCUT2D eigenvalue weighted by atomic mass is 16.5. The maximum absolute atomic E-state index is 13.1. The second-order valence-electron chi connectivity index (χ2n) is 8.48. The zero-order valence-corrected chi connectivity index (χ0v) is 19.1. The quantitative estimate of drug-likeness (QED) is 0.448. The molecule has 0 spiro atoms. The fourth-order valence-electron chi connectivity index (χ4n) is 4.34. The van der Waals surface area contributed by atoms with Gasteiger partial charge in [-0.25, -0.2) is 4.98 Å². The predicted octanol–water partition coefficient (Wildman–Crippen LogP) is 5.55. The second kappa shape index (κ2) is 10.5. The van der Waals surface area contributed by atoms with Gasteiger partial charge in [-0.15, -0.1) is 0 Å². The molecule has 0 atom stereocenters. The van der Waals surface area contributed by atoms with Crippen molar-refractivity contribution in [3.8, 4) is 11.5 Å². The molecule has 0 saturated carbocycles. The van der Waals surface area contributed by atoms with Crippen molar-refractivity contribution in [2.75, 3.05) is 26.8 Å². The van der Waals surface area contributed by atoms with Crippen LogP contribution in [0.1, 0.15) is 67.5 Å². The number of hydrogen-bond acceptors (Lipinski definition) is 4. The fraction of sp³-hybridized carbons (Fsp3) is 0.462. The van der Waals surface area contributed by atoms with Crippen LogP contribution in [0.25, 0.3) is 11.0 Å². The normalized spacial score (nSPS) is 14.6. The summed E-state index contributed by atoms with van der Waals surface area (Å²) < 4.78 is 11.4. The molecule has 1 saturated heterocycles. The average molecular weight is 436 g/mol. The minimum atomic E-state index is 0.0425. The number of H-pyrrole nitrogens is 1. The van der Waals surface area contributed by atoms with Gasteiger partial charge in [0.15, 0.2) is 11.5 Å². The van der Waals surface area contributed by atoms with Crippen LogP contribution in [0.15, 0.2) is 42.5 Å². The third-order valence-electron chi connectivity index (χ3n) is 6.24. The van der Waals surface area contributed by atoms with E-state index < -0.39 is 0 Å². The number of unbranched alkanes of at least 4 members (excludes halogenated alkanes) is 3. The Hall–Kier alpha value is -3.02. The van der Waals surface area contributed by atoms with Gasteiger partial charge in [0.05, 0.1) is 24.8 Å². The number of imidazole rings is 1. The van der Waals surface area contributed by atoms with Crippen molar-refractivity contribution >= 4 is 16.9 Å². The van der Waals surface area contributed by atoms with E-state index in [1.54, 1.807) is 13.2 Å². The number of rotatable bonds is 9. The van der Waals surface area contributed by atoms with Gasteiger partial charge in [-0.05, 0) is 49.6 Å². The van der Waals surface area contributed by atoms with Crippen LogP contribution < -0.4 is 9.47 Å². The molecule has 2 aromatic carbocycles. The molecule has 6 heteroatoms. The van der Waals surface area contributed by atoms with E-state index in [4.69, 9.17) is 14.5 Å². The summed E-state index contributed by atoms with van der Waals surface area (Å²) in [7, 11) is 1.62. The number of ether oxygens (including phenoxy) is 2. The lowest BCUT2D eigenvalue weighted by Gasteiger charge is -2.31. The lowest BCUT2D eigenvalue weighted by molar-refractivity contribution is 0.0711. The molecule has 2 heterocycles. The monoisotopic (exact) mass is 435 g/mol. The topological polar surface area (TPSA) is 67.5 Å². The number of likely N-dealkylation sites (tertiary alicyclic amines) is 1. The average Bonchev–Trinajstić information content (AvgIpc) is 3.28. The number of carbonyl (C=O) groups is 1. The molecule has 32 heavy (non-hydrogen) atoms. The van der Waals surface area contributed by atoms with E-state index in [-0.39, 0.29) is 5.91 Å². The first-order valence-corrected chi connectivity index (χ1v) is 11.7. The van der Waals surface area contributed by atoms with E-state index in [1.807, 2.05) is 35.2 Å². The van der Waals surface area contributed by atoms with Gasteiger partial charge in [-0.3, -0.25) is 4.79 Å². The van der Waals surface area contributed by atoms with Crippen molar-refractivity contribution in [2.45, 2.75) is 51.4 Å². The number of para-hydroxylation sites is 2. The molecule has 1 aromatic heterocycles. The molecule has 1 amide bonds. The van der Waals surface area contributed by atoms with Crippen molar-refractivity contribution < 1.29 is 14.3 Å². The van der Waals surface area contributed by atoms with Gasteiger partial charge < -0.3 is 19.4 Å². The number of fused-ring (bicyclic) bond motifs is 1. The zero-order valence-electron chi connectivity index (χ0n) is 19.1. The molecule has 0 radical (unpaired) electrons. The molecule has 0 bridgehead atoms. The van der Waals surface area contributed by atoms with E-state index in [1.165, 1.54) is 19.3 Å². The van der Waals surface area contributed by atoms with Gasteiger partial charge in [0.2, 0.25) is 0 Å². The van der Waals surface area contributed by atoms with Crippen LogP contribution in [-0.4, -0.2) is 47.6 Å². The summed E-state index contributed by atoms with van der Waals surface area (Å²) in [5.74, 6) is 2.73. The van der Waals surface area contributed by atoms with Crippen LogP contribution in [0.5, 0.6) is 11.5 Å². The summed E-state index contributed by atoms with van der Waals surface area (Å²) in [6.07, 6.45) is 6.43. The Morgan fingerprint density at radius 3 is 2.66 bits per heavy atom. The number of carbonyl (C=O) groups excluding carboxylic acids is 1. The summed E-state index contributed by atoms with van der Waals surface area (Å²) in [5, 5.41) is 0. The highest BCUT2D eigenvalue weighted by Gasteiger charge is 2.27. The lowest BCUT2D eigenvalue weighted by atomic mass is 9.95. The van der Waals surface area contributed by atoms with Crippen LogP contribution in [0.2, 0.25) is 0 Å². The number of piperidine rings is 1. The third kappa shape index (κ3) is 5.06. The first kappa shape index (κ1) is 22.2. The first-order chi connectivity index (χ1) is 15.7. The second-order valence-corrected chi connectivity index (χ2v) is 8.48. The zero-order chi connectivity index (χ0) is 22.3. The van der Waals surface area contributed by atoms with E-state index in [9.17, 15) is 4.79 Å². The Labute approximate surface area is 189 Å². The van der Waals surface area contributed by atoms with Crippen LogP contribution in [-0.2, 0) is 0 Å². The van der Waals surface area contributed by atoms with Crippen molar-refractivity contribution in [2.24, 2.45) is 0 Å².